The van der Waals surface area contributed by atoms with Crippen LogP contribution in [-0.2, 0) is 11.3 Å². The standard InChI is InChI=1S/C21H16Cl4N2O2/c22-12-6-7-17-15(8-12)18(19(28)21(29)26-14-2-1-3-14)20(25)27(17)10-11-4-5-13(23)9-16(11)24/h4-9,14H,1-3,10H2,(H,26,29). The van der Waals surface area contributed by atoms with Crippen molar-refractivity contribution in [3.8, 4) is 0 Å². The van der Waals surface area contributed by atoms with Crippen LogP contribution >= 0.6 is 46.4 Å². The number of carbonyl (C=O) groups is 2. The van der Waals surface area contributed by atoms with E-state index in [2.05, 4.69) is 5.32 Å². The van der Waals surface area contributed by atoms with E-state index in [4.69, 9.17) is 46.4 Å². The highest BCUT2D eigenvalue weighted by Gasteiger charge is 2.29. The first kappa shape index (κ1) is 20.5. The topological polar surface area (TPSA) is 51.1 Å². The Morgan fingerprint density at radius 2 is 1.69 bits per heavy atom. The highest BCUT2D eigenvalue weighted by Crippen LogP contribution is 2.34. The summed E-state index contributed by atoms with van der Waals surface area (Å²) in [6.45, 7) is 0.310. The van der Waals surface area contributed by atoms with Crippen LogP contribution in [0.3, 0.4) is 0 Å². The molecule has 150 valence electrons. The fourth-order valence-corrected chi connectivity index (χ4v) is 4.38. The SMILES string of the molecule is O=C(NC1CCC1)C(=O)c1c(Cl)n(Cc2ccc(Cl)cc2Cl)c2ccc(Cl)cc12. The van der Waals surface area contributed by atoms with E-state index in [0.29, 0.717) is 32.5 Å². The average molecular weight is 470 g/mol. The van der Waals surface area contributed by atoms with E-state index in [9.17, 15) is 9.59 Å². The Balaban J connectivity index is 1.78. The number of hydrogen-bond donors (Lipinski definition) is 1. The zero-order chi connectivity index (χ0) is 20.7. The Morgan fingerprint density at radius 1 is 1.00 bits per heavy atom. The predicted octanol–water partition coefficient (Wildman–Crippen LogP) is 6.15. The minimum atomic E-state index is -0.671. The summed E-state index contributed by atoms with van der Waals surface area (Å²) < 4.78 is 1.74. The second-order valence-electron chi connectivity index (χ2n) is 7.08. The molecule has 1 N–H and O–H groups in total. The Labute approximate surface area is 187 Å². The smallest absolute Gasteiger partial charge is 0.292 e. The van der Waals surface area contributed by atoms with Gasteiger partial charge in [-0.15, -0.1) is 0 Å². The largest absolute Gasteiger partial charge is 0.346 e. The van der Waals surface area contributed by atoms with Crippen molar-refractivity contribution in [3.05, 3.63) is 67.7 Å². The molecular formula is C21H16Cl4N2O2. The molecule has 1 amide bonds. The van der Waals surface area contributed by atoms with Gasteiger partial charge in [-0.05, 0) is 55.2 Å². The summed E-state index contributed by atoms with van der Waals surface area (Å²) in [5.74, 6) is -1.32. The highest BCUT2D eigenvalue weighted by atomic mass is 35.5. The van der Waals surface area contributed by atoms with Crippen LogP contribution in [0.4, 0.5) is 0 Å². The zero-order valence-electron chi connectivity index (χ0n) is 15.1. The molecule has 1 aliphatic carbocycles. The second-order valence-corrected chi connectivity index (χ2v) is 8.72. The van der Waals surface area contributed by atoms with Gasteiger partial charge in [0.25, 0.3) is 11.7 Å². The van der Waals surface area contributed by atoms with Crippen LogP contribution in [0.1, 0.15) is 35.2 Å². The van der Waals surface area contributed by atoms with E-state index in [1.807, 2.05) is 0 Å². The molecule has 0 saturated heterocycles. The summed E-state index contributed by atoms with van der Waals surface area (Å²) in [4.78, 5) is 25.4. The molecule has 0 radical (unpaired) electrons. The van der Waals surface area contributed by atoms with Crippen molar-refractivity contribution in [2.45, 2.75) is 31.8 Å². The molecule has 0 aliphatic heterocycles. The van der Waals surface area contributed by atoms with E-state index in [0.717, 1.165) is 24.8 Å². The van der Waals surface area contributed by atoms with Crippen LogP contribution < -0.4 is 5.32 Å². The number of fused-ring (bicyclic) bond motifs is 1. The summed E-state index contributed by atoms with van der Waals surface area (Å²) in [6, 6.07) is 10.4. The summed E-state index contributed by atoms with van der Waals surface area (Å²) in [5.41, 5.74) is 1.61. The van der Waals surface area contributed by atoms with Gasteiger partial charge in [0.1, 0.15) is 5.15 Å². The van der Waals surface area contributed by atoms with Crippen LogP contribution in [0.25, 0.3) is 10.9 Å². The minimum Gasteiger partial charge on any atom is -0.346 e. The molecule has 2 aromatic carbocycles. The van der Waals surface area contributed by atoms with Crippen molar-refractivity contribution in [1.29, 1.82) is 0 Å². The number of ketones is 1. The normalized spacial score (nSPS) is 14.1. The van der Waals surface area contributed by atoms with Crippen LogP contribution in [-0.4, -0.2) is 22.3 Å². The average Bonchev–Trinajstić information content (AvgIpc) is 2.90. The van der Waals surface area contributed by atoms with Gasteiger partial charge in [0.2, 0.25) is 0 Å². The Bertz CT molecular complexity index is 1140. The first-order valence-electron chi connectivity index (χ1n) is 9.11. The van der Waals surface area contributed by atoms with Crippen LogP contribution in [0.5, 0.6) is 0 Å². The molecule has 1 saturated carbocycles. The maximum absolute atomic E-state index is 12.9. The molecule has 3 aromatic rings. The number of benzene rings is 2. The first-order valence-corrected chi connectivity index (χ1v) is 10.6. The summed E-state index contributed by atoms with van der Waals surface area (Å²) in [7, 11) is 0. The van der Waals surface area contributed by atoms with Gasteiger partial charge >= 0.3 is 0 Å². The van der Waals surface area contributed by atoms with Crippen molar-refractivity contribution >= 4 is 69.0 Å². The summed E-state index contributed by atoms with van der Waals surface area (Å²) >= 11 is 25.1. The number of Topliss-reactive ketones (excluding diaryl/α,β-unsaturated/α-hetero) is 1. The number of nitrogens with zero attached hydrogens (tertiary/aromatic N) is 1. The number of rotatable bonds is 5. The maximum Gasteiger partial charge on any atom is 0.292 e. The molecule has 4 rings (SSSR count). The Morgan fingerprint density at radius 3 is 2.34 bits per heavy atom. The van der Waals surface area contributed by atoms with Gasteiger partial charge in [0.15, 0.2) is 0 Å². The van der Waals surface area contributed by atoms with Gasteiger partial charge in [-0.1, -0.05) is 52.5 Å². The van der Waals surface area contributed by atoms with Crippen molar-refractivity contribution in [2.24, 2.45) is 0 Å². The lowest BCUT2D eigenvalue weighted by Gasteiger charge is -2.25. The third kappa shape index (κ3) is 3.99. The van der Waals surface area contributed by atoms with Crippen LogP contribution in [0, 0.1) is 0 Å². The number of carbonyl (C=O) groups excluding carboxylic acids is 2. The van der Waals surface area contributed by atoms with E-state index in [-0.39, 0.29) is 16.8 Å². The molecule has 4 nitrogen and oxygen atoms in total. The summed E-state index contributed by atoms with van der Waals surface area (Å²) in [6.07, 6.45) is 2.82. The van der Waals surface area contributed by atoms with Crippen molar-refractivity contribution in [3.63, 3.8) is 0 Å². The molecule has 0 unspecified atom stereocenters. The quantitative estimate of drug-likeness (QED) is 0.359. The molecule has 0 bridgehead atoms. The monoisotopic (exact) mass is 468 g/mol. The molecule has 0 spiro atoms. The molecule has 1 heterocycles. The van der Waals surface area contributed by atoms with E-state index < -0.39 is 11.7 Å². The van der Waals surface area contributed by atoms with Crippen LogP contribution in [0.2, 0.25) is 20.2 Å². The fourth-order valence-electron chi connectivity index (χ4n) is 3.40. The number of hydrogen-bond acceptors (Lipinski definition) is 2. The molecular weight excluding hydrogens is 454 g/mol. The molecule has 1 aromatic heterocycles. The molecule has 1 fully saturated rings. The second kappa shape index (κ2) is 8.19. The molecule has 1 aliphatic rings. The zero-order valence-corrected chi connectivity index (χ0v) is 18.2. The lowest BCUT2D eigenvalue weighted by molar-refractivity contribution is -0.118. The van der Waals surface area contributed by atoms with Gasteiger partial charge in [0.05, 0.1) is 17.6 Å². The molecule has 8 heteroatoms. The number of halogens is 4. The number of amides is 1. The van der Waals surface area contributed by atoms with Crippen molar-refractivity contribution in [2.75, 3.05) is 0 Å². The van der Waals surface area contributed by atoms with Crippen LogP contribution in [0.15, 0.2) is 36.4 Å². The third-order valence-corrected chi connectivity index (χ3v) is 6.39. The lowest BCUT2D eigenvalue weighted by Crippen LogP contribution is -2.43. The van der Waals surface area contributed by atoms with Gasteiger partial charge < -0.3 is 9.88 Å². The van der Waals surface area contributed by atoms with Crippen molar-refractivity contribution in [1.82, 2.24) is 9.88 Å². The Kier molecular flexibility index (Phi) is 5.80. The van der Waals surface area contributed by atoms with E-state index in [1.165, 1.54) is 0 Å². The number of nitrogens with one attached hydrogen (secondary N) is 1. The van der Waals surface area contributed by atoms with Crippen molar-refractivity contribution < 1.29 is 9.59 Å². The number of aromatic nitrogens is 1. The van der Waals surface area contributed by atoms with Gasteiger partial charge in [-0.3, -0.25) is 9.59 Å². The van der Waals surface area contributed by atoms with E-state index >= 15 is 0 Å². The lowest BCUT2D eigenvalue weighted by atomic mass is 9.93. The first-order chi connectivity index (χ1) is 13.8. The van der Waals surface area contributed by atoms with Gasteiger partial charge in [0, 0.05) is 26.5 Å². The predicted molar refractivity (Wildman–Crippen MR) is 118 cm³/mol. The van der Waals surface area contributed by atoms with Gasteiger partial charge in [-0.2, -0.15) is 0 Å². The Hall–Kier alpha value is -1.72. The molecule has 29 heavy (non-hydrogen) atoms. The highest BCUT2D eigenvalue weighted by molar-refractivity contribution is 6.49. The fraction of sp³-hybridized carbons (Fsp3) is 0.238. The third-order valence-electron chi connectivity index (χ3n) is 5.18. The van der Waals surface area contributed by atoms with Gasteiger partial charge in [-0.25, -0.2) is 0 Å². The maximum atomic E-state index is 12.9. The summed E-state index contributed by atoms with van der Waals surface area (Å²) in [5, 5.41) is 4.93. The van der Waals surface area contributed by atoms with E-state index in [1.54, 1.807) is 41.0 Å². The molecule has 0 atom stereocenters. The minimum absolute atomic E-state index is 0.0510.